The summed E-state index contributed by atoms with van der Waals surface area (Å²) in [6, 6.07) is 9.62. The SMILES string of the molecule is Cc1nc(SCC(=O)N[C@@H](C)c2ccccc2)[nH]c(=O)c1CCO. The molecule has 0 fully saturated rings. The summed E-state index contributed by atoms with van der Waals surface area (Å²) in [7, 11) is 0. The number of aromatic nitrogens is 2. The van der Waals surface area contributed by atoms with Gasteiger partial charge in [0.2, 0.25) is 5.91 Å². The quantitative estimate of drug-likeness (QED) is 0.522. The Hall–Kier alpha value is -2.12. The predicted octanol–water partition coefficient (Wildman–Crippen LogP) is 1.58. The normalized spacial score (nSPS) is 12.0. The van der Waals surface area contributed by atoms with Gasteiger partial charge in [0.25, 0.3) is 5.56 Å². The fraction of sp³-hybridized carbons (Fsp3) is 0.353. The van der Waals surface area contributed by atoms with E-state index in [0.717, 1.165) is 5.56 Å². The van der Waals surface area contributed by atoms with Crippen LogP contribution in [0.5, 0.6) is 0 Å². The van der Waals surface area contributed by atoms with Gasteiger partial charge in [-0.1, -0.05) is 42.1 Å². The average molecular weight is 347 g/mol. The highest BCUT2D eigenvalue weighted by molar-refractivity contribution is 7.99. The number of carbonyl (C=O) groups excluding carboxylic acids is 1. The number of thioether (sulfide) groups is 1. The van der Waals surface area contributed by atoms with Gasteiger partial charge in [-0.05, 0) is 19.4 Å². The monoisotopic (exact) mass is 347 g/mol. The summed E-state index contributed by atoms with van der Waals surface area (Å²) in [5, 5.41) is 12.3. The number of amides is 1. The fourth-order valence-electron chi connectivity index (χ4n) is 2.30. The molecule has 0 aliphatic rings. The number of nitrogens with one attached hydrogen (secondary N) is 2. The molecule has 0 radical (unpaired) electrons. The molecule has 1 aromatic carbocycles. The minimum absolute atomic E-state index is 0.0834. The average Bonchev–Trinajstić information content (AvgIpc) is 2.57. The number of hydrogen-bond donors (Lipinski definition) is 3. The van der Waals surface area contributed by atoms with Crippen molar-refractivity contribution in [2.24, 2.45) is 0 Å². The number of H-pyrrole nitrogens is 1. The van der Waals surface area contributed by atoms with Gasteiger partial charge in [-0.15, -0.1) is 0 Å². The van der Waals surface area contributed by atoms with Crippen molar-refractivity contribution in [3.63, 3.8) is 0 Å². The Balaban J connectivity index is 1.93. The van der Waals surface area contributed by atoms with E-state index in [-0.39, 0.29) is 36.3 Å². The van der Waals surface area contributed by atoms with Gasteiger partial charge in [0, 0.05) is 24.3 Å². The molecule has 7 heteroatoms. The molecule has 0 aliphatic carbocycles. The minimum atomic E-state index is -0.267. The van der Waals surface area contributed by atoms with E-state index in [0.29, 0.717) is 16.4 Å². The van der Waals surface area contributed by atoms with E-state index in [1.807, 2.05) is 37.3 Å². The fourth-order valence-corrected chi connectivity index (χ4v) is 3.02. The van der Waals surface area contributed by atoms with Gasteiger partial charge in [-0.3, -0.25) is 9.59 Å². The molecule has 0 saturated carbocycles. The van der Waals surface area contributed by atoms with Crippen LogP contribution in [0.3, 0.4) is 0 Å². The first kappa shape index (κ1) is 18.2. The topological polar surface area (TPSA) is 95.1 Å². The molecular weight excluding hydrogens is 326 g/mol. The van der Waals surface area contributed by atoms with Crippen molar-refractivity contribution in [2.75, 3.05) is 12.4 Å². The number of aliphatic hydroxyl groups is 1. The molecule has 0 aliphatic heterocycles. The zero-order valence-corrected chi connectivity index (χ0v) is 14.5. The lowest BCUT2D eigenvalue weighted by molar-refractivity contribution is -0.119. The Morgan fingerprint density at radius 2 is 2.08 bits per heavy atom. The van der Waals surface area contributed by atoms with Gasteiger partial charge in [0.15, 0.2) is 5.16 Å². The maximum absolute atomic E-state index is 12.1. The molecular formula is C17H21N3O3S. The third-order valence-corrected chi connectivity index (χ3v) is 4.45. The van der Waals surface area contributed by atoms with Crippen LogP contribution >= 0.6 is 11.8 Å². The van der Waals surface area contributed by atoms with E-state index in [2.05, 4.69) is 15.3 Å². The molecule has 2 aromatic rings. The van der Waals surface area contributed by atoms with E-state index >= 15 is 0 Å². The molecule has 0 spiro atoms. The Morgan fingerprint density at radius 3 is 2.71 bits per heavy atom. The summed E-state index contributed by atoms with van der Waals surface area (Å²) in [6.45, 7) is 3.55. The van der Waals surface area contributed by atoms with Crippen LogP contribution in [0.1, 0.15) is 29.8 Å². The molecule has 1 aromatic heterocycles. The van der Waals surface area contributed by atoms with Crippen molar-refractivity contribution in [3.8, 4) is 0 Å². The van der Waals surface area contributed by atoms with Gasteiger partial charge >= 0.3 is 0 Å². The third kappa shape index (κ3) is 4.94. The van der Waals surface area contributed by atoms with Crippen LogP contribution in [0, 0.1) is 6.92 Å². The summed E-state index contributed by atoms with van der Waals surface area (Å²) in [5.41, 5.74) is 1.82. The van der Waals surface area contributed by atoms with Crippen molar-refractivity contribution < 1.29 is 9.90 Å². The number of carbonyl (C=O) groups is 1. The predicted molar refractivity (Wildman–Crippen MR) is 94.1 cm³/mol. The number of hydrogen-bond acceptors (Lipinski definition) is 5. The lowest BCUT2D eigenvalue weighted by Gasteiger charge is -2.14. The van der Waals surface area contributed by atoms with Crippen molar-refractivity contribution in [3.05, 3.63) is 57.5 Å². The van der Waals surface area contributed by atoms with E-state index in [1.54, 1.807) is 6.92 Å². The van der Waals surface area contributed by atoms with E-state index < -0.39 is 0 Å². The van der Waals surface area contributed by atoms with Crippen molar-refractivity contribution >= 4 is 17.7 Å². The zero-order chi connectivity index (χ0) is 17.5. The van der Waals surface area contributed by atoms with E-state index in [4.69, 9.17) is 5.11 Å². The van der Waals surface area contributed by atoms with Crippen LogP contribution in [0.15, 0.2) is 40.3 Å². The van der Waals surface area contributed by atoms with Gasteiger partial charge in [0.05, 0.1) is 11.8 Å². The van der Waals surface area contributed by atoms with Crippen molar-refractivity contribution in [1.82, 2.24) is 15.3 Å². The molecule has 1 heterocycles. The number of nitrogens with zero attached hydrogens (tertiary/aromatic N) is 1. The highest BCUT2D eigenvalue weighted by atomic mass is 32.2. The van der Waals surface area contributed by atoms with Crippen molar-refractivity contribution in [1.29, 1.82) is 0 Å². The molecule has 6 nitrogen and oxygen atoms in total. The first-order valence-electron chi connectivity index (χ1n) is 7.69. The lowest BCUT2D eigenvalue weighted by atomic mass is 10.1. The first-order valence-corrected chi connectivity index (χ1v) is 8.67. The smallest absolute Gasteiger partial charge is 0.255 e. The highest BCUT2D eigenvalue weighted by Gasteiger charge is 2.12. The van der Waals surface area contributed by atoms with Gasteiger partial charge in [-0.25, -0.2) is 4.98 Å². The van der Waals surface area contributed by atoms with Crippen LogP contribution in [0.4, 0.5) is 0 Å². The van der Waals surface area contributed by atoms with Crippen LogP contribution in [0.2, 0.25) is 0 Å². The largest absolute Gasteiger partial charge is 0.396 e. The summed E-state index contributed by atoms with van der Waals surface area (Å²) >= 11 is 1.18. The molecule has 128 valence electrons. The molecule has 0 saturated heterocycles. The maximum atomic E-state index is 12.1. The first-order chi connectivity index (χ1) is 11.5. The molecule has 0 unspecified atom stereocenters. The third-order valence-electron chi connectivity index (χ3n) is 3.58. The second-order valence-electron chi connectivity index (χ2n) is 5.40. The second-order valence-corrected chi connectivity index (χ2v) is 6.36. The molecule has 1 atom stereocenters. The van der Waals surface area contributed by atoms with Crippen LogP contribution in [-0.4, -0.2) is 33.3 Å². The molecule has 2 rings (SSSR count). The van der Waals surface area contributed by atoms with Crippen LogP contribution in [-0.2, 0) is 11.2 Å². The van der Waals surface area contributed by atoms with Gasteiger partial charge in [0.1, 0.15) is 0 Å². The van der Waals surface area contributed by atoms with E-state index in [1.165, 1.54) is 11.8 Å². The van der Waals surface area contributed by atoms with Crippen LogP contribution < -0.4 is 10.9 Å². The molecule has 1 amide bonds. The molecule has 0 bridgehead atoms. The Bertz CT molecular complexity index is 746. The number of aliphatic hydroxyl groups excluding tert-OH is 1. The molecule has 24 heavy (non-hydrogen) atoms. The highest BCUT2D eigenvalue weighted by Crippen LogP contribution is 2.15. The van der Waals surface area contributed by atoms with E-state index in [9.17, 15) is 9.59 Å². The lowest BCUT2D eigenvalue weighted by Crippen LogP contribution is -2.28. The standard InChI is InChI=1S/C17H21N3O3S/c1-11(13-6-4-3-5-7-13)18-15(22)10-24-17-19-12(2)14(8-9-21)16(23)20-17/h3-7,11,21H,8-10H2,1-2H3,(H,18,22)(H,19,20,23)/t11-/m0/s1. The van der Waals surface area contributed by atoms with Gasteiger partial charge < -0.3 is 15.4 Å². The summed E-state index contributed by atoms with van der Waals surface area (Å²) in [6.07, 6.45) is 0.272. The molecule has 3 N–H and O–H groups in total. The number of benzene rings is 1. The Kier molecular flexibility index (Phi) is 6.57. The Morgan fingerprint density at radius 1 is 1.38 bits per heavy atom. The number of aryl methyl sites for hydroxylation is 1. The minimum Gasteiger partial charge on any atom is -0.396 e. The summed E-state index contributed by atoms with van der Waals surface area (Å²) < 4.78 is 0. The summed E-state index contributed by atoms with van der Waals surface area (Å²) in [4.78, 5) is 30.9. The van der Waals surface area contributed by atoms with Crippen LogP contribution in [0.25, 0.3) is 0 Å². The number of aromatic amines is 1. The Labute approximate surface area is 144 Å². The second kappa shape index (κ2) is 8.65. The zero-order valence-electron chi connectivity index (χ0n) is 13.7. The maximum Gasteiger partial charge on any atom is 0.255 e. The summed E-state index contributed by atoms with van der Waals surface area (Å²) in [5.74, 6) is 0.0370. The number of rotatable bonds is 7. The van der Waals surface area contributed by atoms with Gasteiger partial charge in [-0.2, -0.15) is 0 Å². The van der Waals surface area contributed by atoms with Crippen molar-refractivity contribution in [2.45, 2.75) is 31.5 Å².